The second kappa shape index (κ2) is 9.96. The summed E-state index contributed by atoms with van der Waals surface area (Å²) in [6.45, 7) is 0.514. The van der Waals surface area contributed by atoms with Crippen molar-refractivity contribution in [2.45, 2.75) is 6.61 Å². The van der Waals surface area contributed by atoms with E-state index in [1.54, 1.807) is 13.3 Å². The van der Waals surface area contributed by atoms with Gasteiger partial charge in [-0.05, 0) is 66.2 Å². The number of nitrogens with zero attached hydrogens (tertiary/aromatic N) is 1. The summed E-state index contributed by atoms with van der Waals surface area (Å²) in [5.74, 6) is 3.02. The molecule has 168 valence electrons. The van der Waals surface area contributed by atoms with Gasteiger partial charge in [-0.1, -0.05) is 36.4 Å². The van der Waals surface area contributed by atoms with E-state index in [2.05, 4.69) is 10.3 Å². The number of nitrogens with one attached hydrogen (secondary N) is 1. The molecule has 5 nitrogen and oxygen atoms in total. The summed E-state index contributed by atoms with van der Waals surface area (Å²) in [5.41, 5.74) is 3.93. The number of benzene rings is 4. The molecule has 0 aliphatic rings. The third-order valence-corrected chi connectivity index (χ3v) is 5.37. The van der Waals surface area contributed by atoms with Crippen molar-refractivity contribution in [3.63, 3.8) is 0 Å². The Balaban J connectivity index is 1.26. The van der Waals surface area contributed by atoms with Gasteiger partial charge in [-0.25, -0.2) is 0 Å². The lowest BCUT2D eigenvalue weighted by Crippen LogP contribution is -1.95. The second-order valence-electron chi connectivity index (χ2n) is 7.74. The molecule has 5 heteroatoms. The van der Waals surface area contributed by atoms with Gasteiger partial charge in [0.25, 0.3) is 0 Å². The van der Waals surface area contributed by atoms with Crippen molar-refractivity contribution >= 4 is 22.3 Å². The number of methoxy groups -OCH3 is 1. The van der Waals surface area contributed by atoms with Crippen LogP contribution in [0.3, 0.4) is 0 Å². The minimum atomic E-state index is 0.514. The van der Waals surface area contributed by atoms with Gasteiger partial charge >= 0.3 is 0 Å². The van der Waals surface area contributed by atoms with E-state index in [0.717, 1.165) is 50.8 Å². The molecule has 0 bridgehead atoms. The fourth-order valence-corrected chi connectivity index (χ4v) is 3.63. The Bertz CT molecular complexity index is 1390. The molecule has 0 aliphatic carbocycles. The molecule has 5 aromatic rings. The highest BCUT2D eigenvalue weighted by Crippen LogP contribution is 2.30. The molecule has 1 heterocycles. The molecule has 1 N–H and O–H groups in total. The predicted octanol–water partition coefficient (Wildman–Crippen LogP) is 7.36. The van der Waals surface area contributed by atoms with E-state index in [9.17, 15) is 0 Å². The standard InChI is InChI=1S/C29H24N2O3/c1-32-24-14-15-28-27(19-24)29(16-17-30-28)31-22-10-12-23(13-11-22)34-26-9-5-8-25(18-26)33-20-21-6-3-2-4-7-21/h2-19H,20H2,1H3,(H,30,31). The highest BCUT2D eigenvalue weighted by Gasteiger charge is 2.06. The first-order valence-corrected chi connectivity index (χ1v) is 11.0. The van der Waals surface area contributed by atoms with Gasteiger partial charge in [-0.2, -0.15) is 0 Å². The molecule has 0 unspecified atom stereocenters. The first-order valence-electron chi connectivity index (χ1n) is 11.0. The van der Waals surface area contributed by atoms with E-state index < -0.39 is 0 Å². The van der Waals surface area contributed by atoms with Crippen LogP contribution in [0.2, 0.25) is 0 Å². The highest BCUT2D eigenvalue weighted by molar-refractivity contribution is 5.93. The number of fused-ring (bicyclic) bond motifs is 1. The summed E-state index contributed by atoms with van der Waals surface area (Å²) in [7, 11) is 1.66. The average molecular weight is 449 g/mol. The summed E-state index contributed by atoms with van der Waals surface area (Å²) in [6, 6.07) is 33.4. The number of pyridine rings is 1. The Labute approximate surface area is 198 Å². The molecule has 0 radical (unpaired) electrons. The predicted molar refractivity (Wildman–Crippen MR) is 135 cm³/mol. The smallest absolute Gasteiger partial charge is 0.131 e. The molecule has 0 aliphatic heterocycles. The maximum absolute atomic E-state index is 6.04. The average Bonchev–Trinajstić information content (AvgIpc) is 2.89. The van der Waals surface area contributed by atoms with Gasteiger partial charge in [0.1, 0.15) is 29.6 Å². The van der Waals surface area contributed by atoms with Gasteiger partial charge in [0.2, 0.25) is 0 Å². The first kappa shape index (κ1) is 21.3. The van der Waals surface area contributed by atoms with E-state index in [1.165, 1.54) is 0 Å². The lowest BCUT2D eigenvalue weighted by molar-refractivity contribution is 0.304. The summed E-state index contributed by atoms with van der Waals surface area (Å²) in [6.07, 6.45) is 1.79. The van der Waals surface area contributed by atoms with E-state index in [-0.39, 0.29) is 0 Å². The minimum absolute atomic E-state index is 0.514. The van der Waals surface area contributed by atoms with Gasteiger partial charge < -0.3 is 19.5 Å². The zero-order valence-electron chi connectivity index (χ0n) is 18.8. The molecular formula is C29H24N2O3. The van der Waals surface area contributed by atoms with Crippen molar-refractivity contribution < 1.29 is 14.2 Å². The fourth-order valence-electron chi connectivity index (χ4n) is 3.63. The van der Waals surface area contributed by atoms with E-state index >= 15 is 0 Å². The molecule has 0 amide bonds. The quantitative estimate of drug-likeness (QED) is 0.269. The summed E-state index contributed by atoms with van der Waals surface area (Å²) < 4.78 is 17.3. The van der Waals surface area contributed by atoms with Crippen LogP contribution in [0.25, 0.3) is 10.9 Å². The molecule has 5 rings (SSSR count). The van der Waals surface area contributed by atoms with Crippen molar-refractivity contribution in [1.82, 2.24) is 4.98 Å². The van der Waals surface area contributed by atoms with Gasteiger partial charge in [0.15, 0.2) is 0 Å². The zero-order valence-corrected chi connectivity index (χ0v) is 18.8. The maximum Gasteiger partial charge on any atom is 0.131 e. The van der Waals surface area contributed by atoms with Crippen molar-refractivity contribution in [1.29, 1.82) is 0 Å². The van der Waals surface area contributed by atoms with Crippen molar-refractivity contribution in [2.24, 2.45) is 0 Å². The van der Waals surface area contributed by atoms with Crippen LogP contribution >= 0.6 is 0 Å². The molecule has 0 fully saturated rings. The van der Waals surface area contributed by atoms with Crippen molar-refractivity contribution in [3.8, 4) is 23.0 Å². The van der Waals surface area contributed by atoms with Gasteiger partial charge in [-0.3, -0.25) is 4.98 Å². The molecule has 4 aromatic carbocycles. The van der Waals surface area contributed by atoms with Gasteiger partial charge in [-0.15, -0.1) is 0 Å². The Hall–Kier alpha value is -4.51. The van der Waals surface area contributed by atoms with E-state index in [1.807, 2.05) is 103 Å². The van der Waals surface area contributed by atoms with Crippen molar-refractivity contribution in [3.05, 3.63) is 115 Å². The molecule has 0 saturated heterocycles. The first-order chi connectivity index (χ1) is 16.8. The maximum atomic E-state index is 6.04. The summed E-state index contributed by atoms with van der Waals surface area (Å²) >= 11 is 0. The summed E-state index contributed by atoms with van der Waals surface area (Å²) in [4.78, 5) is 4.43. The number of hydrogen-bond acceptors (Lipinski definition) is 5. The number of anilines is 2. The SMILES string of the molecule is COc1ccc2nccc(Nc3ccc(Oc4cccc(OCc5ccccc5)c4)cc3)c2c1. The number of ether oxygens (including phenoxy) is 3. The molecule has 1 aromatic heterocycles. The zero-order chi connectivity index (χ0) is 23.2. The van der Waals surface area contributed by atoms with Crippen molar-refractivity contribution in [2.75, 3.05) is 12.4 Å². The monoisotopic (exact) mass is 448 g/mol. The van der Waals surface area contributed by atoms with Crippen LogP contribution in [-0.2, 0) is 6.61 Å². The highest BCUT2D eigenvalue weighted by atomic mass is 16.5. The molecule has 0 saturated carbocycles. The van der Waals surface area contributed by atoms with Crippen LogP contribution in [0.4, 0.5) is 11.4 Å². The largest absolute Gasteiger partial charge is 0.497 e. The third-order valence-electron chi connectivity index (χ3n) is 5.37. The minimum Gasteiger partial charge on any atom is -0.497 e. The number of rotatable bonds is 8. The third kappa shape index (κ3) is 5.10. The van der Waals surface area contributed by atoms with Crippen LogP contribution in [-0.4, -0.2) is 12.1 Å². The van der Waals surface area contributed by atoms with Crippen LogP contribution in [0.5, 0.6) is 23.0 Å². The number of aromatic nitrogens is 1. The molecule has 0 atom stereocenters. The number of hydrogen-bond donors (Lipinski definition) is 1. The summed E-state index contributed by atoms with van der Waals surface area (Å²) in [5, 5.41) is 4.45. The van der Waals surface area contributed by atoms with Gasteiger partial charge in [0.05, 0.1) is 12.6 Å². The van der Waals surface area contributed by atoms with Crippen LogP contribution in [0.1, 0.15) is 5.56 Å². The Morgan fingerprint density at radius 2 is 1.50 bits per heavy atom. The Morgan fingerprint density at radius 3 is 2.32 bits per heavy atom. The molecule has 34 heavy (non-hydrogen) atoms. The molecule has 0 spiro atoms. The lowest BCUT2D eigenvalue weighted by Gasteiger charge is -2.12. The normalized spacial score (nSPS) is 10.6. The van der Waals surface area contributed by atoms with Crippen LogP contribution in [0.15, 0.2) is 109 Å². The van der Waals surface area contributed by atoms with Gasteiger partial charge in [0, 0.05) is 29.0 Å². The lowest BCUT2D eigenvalue weighted by atomic mass is 10.1. The molecular weight excluding hydrogens is 424 g/mol. The Kier molecular flexibility index (Phi) is 6.25. The van der Waals surface area contributed by atoms with Crippen LogP contribution < -0.4 is 19.5 Å². The van der Waals surface area contributed by atoms with E-state index in [4.69, 9.17) is 14.2 Å². The van der Waals surface area contributed by atoms with Crippen LogP contribution in [0, 0.1) is 0 Å². The Morgan fingerprint density at radius 1 is 0.706 bits per heavy atom. The topological polar surface area (TPSA) is 52.6 Å². The van der Waals surface area contributed by atoms with E-state index in [0.29, 0.717) is 6.61 Å². The second-order valence-corrected chi connectivity index (χ2v) is 7.74. The fraction of sp³-hybridized carbons (Fsp3) is 0.0690.